The maximum absolute atomic E-state index is 12.6. The van der Waals surface area contributed by atoms with Crippen LogP contribution >= 0.6 is 23.2 Å². The van der Waals surface area contributed by atoms with Crippen LogP contribution in [0.25, 0.3) is 0 Å². The molecule has 1 aromatic rings. The Balaban J connectivity index is 1.57. The van der Waals surface area contributed by atoms with Crippen molar-refractivity contribution in [3.8, 4) is 0 Å². The molecule has 1 aliphatic carbocycles. The lowest BCUT2D eigenvalue weighted by molar-refractivity contribution is -0.139. The minimum Gasteiger partial charge on any atom is -0.343 e. The van der Waals surface area contributed by atoms with Gasteiger partial charge in [-0.05, 0) is 31.0 Å². The highest BCUT2D eigenvalue weighted by Crippen LogP contribution is 2.32. The van der Waals surface area contributed by atoms with Gasteiger partial charge in [-0.25, -0.2) is 4.79 Å². The molecule has 27 heavy (non-hydrogen) atoms. The van der Waals surface area contributed by atoms with Crippen LogP contribution in [-0.4, -0.2) is 40.8 Å². The quantitative estimate of drug-likeness (QED) is 0.657. The van der Waals surface area contributed by atoms with E-state index in [9.17, 15) is 19.2 Å². The molecule has 0 aromatic heterocycles. The van der Waals surface area contributed by atoms with Crippen LogP contribution in [0.4, 0.5) is 4.79 Å². The second kappa shape index (κ2) is 7.74. The molecule has 1 saturated heterocycles. The number of halogens is 2. The van der Waals surface area contributed by atoms with E-state index < -0.39 is 35.8 Å². The fourth-order valence-electron chi connectivity index (χ4n) is 3.31. The summed E-state index contributed by atoms with van der Waals surface area (Å²) in [5, 5.41) is 6.28. The molecule has 1 aliphatic heterocycles. The third-order valence-corrected chi connectivity index (χ3v) is 5.24. The molecule has 5 amide bonds. The molecular formula is C17H18Cl2N4O4. The predicted octanol–water partition coefficient (Wildman–Crippen LogP) is 2.01. The van der Waals surface area contributed by atoms with Crippen molar-refractivity contribution >= 4 is 47.0 Å². The highest BCUT2D eigenvalue weighted by atomic mass is 35.5. The lowest BCUT2D eigenvalue weighted by Gasteiger charge is -2.30. The molecular weight excluding hydrogens is 395 g/mol. The number of amides is 5. The van der Waals surface area contributed by atoms with Gasteiger partial charge in [0.2, 0.25) is 0 Å². The van der Waals surface area contributed by atoms with E-state index in [0.29, 0.717) is 22.9 Å². The topological polar surface area (TPSA) is 108 Å². The monoisotopic (exact) mass is 412 g/mol. The number of rotatable bonds is 4. The molecule has 0 radical (unpaired) electrons. The number of hydrazine groups is 1. The van der Waals surface area contributed by atoms with Crippen molar-refractivity contribution in [1.29, 1.82) is 0 Å². The molecule has 0 bridgehead atoms. The van der Waals surface area contributed by atoms with Crippen LogP contribution in [0.5, 0.6) is 0 Å². The number of carbonyl (C=O) groups is 4. The highest BCUT2D eigenvalue weighted by Gasteiger charge is 2.52. The number of hydrogen-bond acceptors (Lipinski definition) is 4. The second-order valence-corrected chi connectivity index (χ2v) is 7.40. The number of imide groups is 1. The minimum atomic E-state index is -0.928. The Morgan fingerprint density at radius 3 is 2.52 bits per heavy atom. The molecule has 1 spiro atoms. The van der Waals surface area contributed by atoms with Crippen molar-refractivity contribution < 1.29 is 19.2 Å². The van der Waals surface area contributed by atoms with E-state index in [1.165, 1.54) is 18.2 Å². The van der Waals surface area contributed by atoms with Crippen LogP contribution in [0.1, 0.15) is 42.5 Å². The number of urea groups is 1. The molecule has 3 rings (SSSR count). The van der Waals surface area contributed by atoms with Gasteiger partial charge in [0, 0.05) is 5.02 Å². The first-order valence-corrected chi connectivity index (χ1v) is 9.27. The van der Waals surface area contributed by atoms with Crippen molar-refractivity contribution in [3.63, 3.8) is 0 Å². The summed E-state index contributed by atoms with van der Waals surface area (Å²) in [5.74, 6) is -1.75. The minimum absolute atomic E-state index is 0.147. The molecule has 2 aliphatic rings. The Labute approximate surface area is 165 Å². The highest BCUT2D eigenvalue weighted by molar-refractivity contribution is 6.36. The van der Waals surface area contributed by atoms with Crippen LogP contribution in [0.3, 0.4) is 0 Å². The molecule has 1 saturated carbocycles. The summed E-state index contributed by atoms with van der Waals surface area (Å²) in [7, 11) is 0. The van der Waals surface area contributed by atoms with Gasteiger partial charge in [0.05, 0.1) is 17.1 Å². The average Bonchev–Trinajstić information content (AvgIpc) is 2.84. The van der Waals surface area contributed by atoms with Gasteiger partial charge in [-0.3, -0.25) is 19.8 Å². The van der Waals surface area contributed by atoms with Crippen molar-refractivity contribution in [2.45, 2.75) is 37.6 Å². The third kappa shape index (κ3) is 4.01. The first kappa shape index (κ1) is 19.4. The van der Waals surface area contributed by atoms with Crippen molar-refractivity contribution in [2.24, 2.45) is 0 Å². The Hall–Kier alpha value is -2.32. The smallest absolute Gasteiger partial charge is 0.343 e. The maximum Gasteiger partial charge on any atom is 0.344 e. The van der Waals surface area contributed by atoms with E-state index in [1.807, 2.05) is 0 Å². The molecule has 144 valence electrons. The molecule has 0 atom stereocenters. The summed E-state index contributed by atoms with van der Waals surface area (Å²) in [6, 6.07) is 3.68. The standard InChI is InChI=1S/C17H18Cl2N4O4/c18-10-4-5-11(12(19)8-10)14(25)20-9-13(24)22-23-15(26)17(21-16(23)27)6-2-1-3-7-17/h4-5,8H,1-3,6-7,9H2,(H,20,25)(H,21,27)(H,22,24). The molecule has 1 aromatic carbocycles. The van der Waals surface area contributed by atoms with E-state index in [2.05, 4.69) is 16.1 Å². The average molecular weight is 413 g/mol. The Bertz CT molecular complexity index is 808. The largest absolute Gasteiger partial charge is 0.344 e. The van der Waals surface area contributed by atoms with Crippen LogP contribution in [0.2, 0.25) is 10.0 Å². The zero-order valence-corrected chi connectivity index (χ0v) is 15.8. The zero-order chi connectivity index (χ0) is 19.6. The van der Waals surface area contributed by atoms with E-state index in [1.54, 1.807) is 0 Å². The van der Waals surface area contributed by atoms with Gasteiger partial charge in [-0.15, -0.1) is 0 Å². The predicted molar refractivity (Wildman–Crippen MR) is 98.1 cm³/mol. The summed E-state index contributed by atoms with van der Waals surface area (Å²) < 4.78 is 0. The Morgan fingerprint density at radius 2 is 1.85 bits per heavy atom. The van der Waals surface area contributed by atoms with Crippen LogP contribution in [0, 0.1) is 0 Å². The van der Waals surface area contributed by atoms with Gasteiger partial charge >= 0.3 is 6.03 Å². The van der Waals surface area contributed by atoms with Gasteiger partial charge in [0.25, 0.3) is 17.7 Å². The molecule has 1 heterocycles. The van der Waals surface area contributed by atoms with Gasteiger partial charge in [0.15, 0.2) is 0 Å². The van der Waals surface area contributed by atoms with Crippen LogP contribution in [-0.2, 0) is 9.59 Å². The lowest BCUT2D eigenvalue weighted by Crippen LogP contribution is -2.52. The molecule has 10 heteroatoms. The van der Waals surface area contributed by atoms with Crippen LogP contribution < -0.4 is 16.1 Å². The summed E-state index contributed by atoms with van der Waals surface area (Å²) >= 11 is 11.7. The Morgan fingerprint density at radius 1 is 1.15 bits per heavy atom. The third-order valence-electron chi connectivity index (χ3n) is 4.69. The molecule has 3 N–H and O–H groups in total. The number of nitrogens with one attached hydrogen (secondary N) is 3. The first-order chi connectivity index (χ1) is 12.8. The fraction of sp³-hybridized carbons (Fsp3) is 0.412. The van der Waals surface area contributed by atoms with Crippen molar-refractivity contribution in [3.05, 3.63) is 33.8 Å². The summed E-state index contributed by atoms with van der Waals surface area (Å²) in [6.45, 7) is -0.429. The summed E-state index contributed by atoms with van der Waals surface area (Å²) in [6.07, 6.45) is 3.79. The SMILES string of the molecule is O=C(CNC(=O)c1ccc(Cl)cc1Cl)NN1C(=O)NC2(CCCCC2)C1=O. The number of carbonyl (C=O) groups excluding carboxylic acids is 4. The van der Waals surface area contributed by atoms with Crippen molar-refractivity contribution in [1.82, 2.24) is 21.1 Å². The molecule has 8 nitrogen and oxygen atoms in total. The lowest BCUT2D eigenvalue weighted by atomic mass is 9.82. The normalized spacial score (nSPS) is 18.4. The number of benzene rings is 1. The van der Waals surface area contributed by atoms with E-state index in [0.717, 1.165) is 19.3 Å². The van der Waals surface area contributed by atoms with Gasteiger partial charge < -0.3 is 10.6 Å². The number of nitrogens with zero attached hydrogens (tertiary/aromatic N) is 1. The second-order valence-electron chi connectivity index (χ2n) is 6.56. The van der Waals surface area contributed by atoms with Gasteiger partial charge in [0.1, 0.15) is 5.54 Å². The van der Waals surface area contributed by atoms with Gasteiger partial charge in [-0.1, -0.05) is 42.5 Å². The van der Waals surface area contributed by atoms with Crippen molar-refractivity contribution in [2.75, 3.05) is 6.54 Å². The maximum atomic E-state index is 12.6. The number of hydrogen-bond donors (Lipinski definition) is 3. The van der Waals surface area contributed by atoms with Gasteiger partial charge in [-0.2, -0.15) is 5.01 Å². The van der Waals surface area contributed by atoms with Crippen LogP contribution in [0.15, 0.2) is 18.2 Å². The first-order valence-electron chi connectivity index (χ1n) is 8.52. The Kier molecular flexibility index (Phi) is 5.57. The summed E-state index contributed by atoms with van der Waals surface area (Å²) in [4.78, 5) is 48.9. The van der Waals surface area contributed by atoms with E-state index >= 15 is 0 Å². The zero-order valence-electron chi connectivity index (χ0n) is 14.3. The summed E-state index contributed by atoms with van der Waals surface area (Å²) in [5.41, 5.74) is 1.47. The van der Waals surface area contributed by atoms with E-state index in [4.69, 9.17) is 23.2 Å². The molecule has 2 fully saturated rings. The fourth-order valence-corrected chi connectivity index (χ4v) is 3.80. The van der Waals surface area contributed by atoms with E-state index in [-0.39, 0.29) is 10.6 Å². The molecule has 0 unspecified atom stereocenters.